The summed E-state index contributed by atoms with van der Waals surface area (Å²) in [5.74, 6) is -2.41. The molecule has 5 N–H and O–H groups in total. The van der Waals surface area contributed by atoms with Crippen LogP contribution in [0.25, 0.3) is 0 Å². The number of alkyl carbamates (subject to hydrolysis) is 2. The molecule has 1 aliphatic heterocycles. The monoisotopic (exact) mass is 1160 g/mol. The molecular weight excluding hydrogens is 1080 g/mol. The number of β-lactam (4-membered cyclic amide) rings is 1. The number of nitrogens with one attached hydrogen (secondary N) is 5. The minimum atomic E-state index is -1.61. The average molecular weight is 1160 g/mol. The number of aromatic nitrogens is 4. The first-order valence-electron chi connectivity index (χ1n) is 27.0. The van der Waals surface area contributed by atoms with Crippen molar-refractivity contribution in [3.05, 3.63) is 94.8 Å². The number of hydrogen-bond donors (Lipinski definition) is 5. The Morgan fingerprint density at radius 3 is 1.95 bits per heavy atom. The zero-order valence-electron chi connectivity index (χ0n) is 48.7. The molecule has 6 rings (SSSR count). The van der Waals surface area contributed by atoms with Crippen molar-refractivity contribution >= 4 is 70.3 Å². The van der Waals surface area contributed by atoms with Crippen LogP contribution < -0.4 is 26.6 Å². The van der Waals surface area contributed by atoms with E-state index in [1.54, 1.807) is 90.0 Å². The van der Waals surface area contributed by atoms with E-state index in [2.05, 4.69) is 51.9 Å². The number of thiazole rings is 1. The van der Waals surface area contributed by atoms with E-state index in [1.165, 1.54) is 16.4 Å². The van der Waals surface area contributed by atoms with E-state index in [-0.39, 0.29) is 61.4 Å². The zero-order valence-corrected chi connectivity index (χ0v) is 49.6. The number of nitrogens with zero attached hydrogens (tertiary/aromatic N) is 7. The van der Waals surface area contributed by atoms with Crippen LogP contribution in [0.2, 0.25) is 0 Å². The SMILES string of the molecule is CC(c1cnn(C[C@H]2NC(=O)[C@H]2NC(=O)/C(=N\OC2(C(=O)OC(c3ccccc3)c3ccccc3)CCCC2)c2csc(NC(=O)OC(C)(C)C)n2)n1)N(C(=O)OC(C)(C)C)C(=NCCCNC(=O)OC(C)(C)C)NC(=O)OC(C)(C)C. The molecule has 1 aliphatic carbocycles. The molecule has 444 valence electrons. The molecule has 1 unspecified atom stereocenters. The molecule has 2 aromatic carbocycles. The Balaban J connectivity index is 1.25. The predicted octanol–water partition coefficient (Wildman–Crippen LogP) is 8.22. The maximum atomic E-state index is 14.5. The van der Waals surface area contributed by atoms with Crippen LogP contribution in [0.5, 0.6) is 0 Å². The Morgan fingerprint density at radius 1 is 0.805 bits per heavy atom. The number of amides is 6. The van der Waals surface area contributed by atoms with Crippen molar-refractivity contribution in [1.82, 2.24) is 46.1 Å². The Labute approximate surface area is 481 Å². The standard InChI is InChI=1S/C56H76N12O13S/c1-34(68(51(75)80-55(11,12)13)46(63-49(73)78-53(5,6)7)57-29-22-30-58-48(72)77-52(2,3)4)37-31-59-67(65-37)32-38-40(43(69)60-38)62-44(70)41(39-33-82-47(61-39)64-50(74)79-54(8,9)10)66-81-56(27-20-21-28-56)45(71)76-42(35-23-16-14-17-24-35)36-25-18-15-19-26-36/h14-19,23-26,31,33-34,38,40,42H,20-22,27-30,32H2,1-13H3,(H,58,72)(H,60,69)(H,62,70)(H,57,63,73)(H,61,64,74)/b66-41-/t34?,38-,40+/m1/s1. The topological polar surface area (TPSA) is 307 Å². The lowest BCUT2D eigenvalue weighted by Crippen LogP contribution is -2.70. The first-order valence-corrected chi connectivity index (χ1v) is 27.8. The lowest BCUT2D eigenvalue weighted by Gasteiger charge is -2.36. The van der Waals surface area contributed by atoms with Crippen molar-refractivity contribution in [2.45, 2.75) is 181 Å². The van der Waals surface area contributed by atoms with Crippen LogP contribution in [-0.2, 0) is 49.5 Å². The predicted molar refractivity (Wildman–Crippen MR) is 303 cm³/mol. The molecule has 2 fully saturated rings. The zero-order chi connectivity index (χ0) is 60.2. The largest absolute Gasteiger partial charge is 0.450 e. The van der Waals surface area contributed by atoms with E-state index in [1.807, 2.05) is 60.7 Å². The summed E-state index contributed by atoms with van der Waals surface area (Å²) in [6.07, 6.45) is -0.776. The van der Waals surface area contributed by atoms with Crippen LogP contribution in [0.3, 0.4) is 0 Å². The number of rotatable bonds is 18. The second-order valence-corrected chi connectivity index (χ2v) is 24.4. The van der Waals surface area contributed by atoms with E-state index in [9.17, 15) is 33.6 Å². The first-order chi connectivity index (χ1) is 38.4. The third-order valence-electron chi connectivity index (χ3n) is 11.8. The van der Waals surface area contributed by atoms with Crippen molar-refractivity contribution in [3.63, 3.8) is 0 Å². The molecule has 6 amide bonds. The normalized spacial score (nSPS) is 16.8. The van der Waals surface area contributed by atoms with Crippen LogP contribution >= 0.6 is 11.3 Å². The minimum Gasteiger partial charge on any atom is -0.450 e. The van der Waals surface area contributed by atoms with Gasteiger partial charge >= 0.3 is 30.3 Å². The van der Waals surface area contributed by atoms with Crippen molar-refractivity contribution in [3.8, 4) is 0 Å². The van der Waals surface area contributed by atoms with E-state index in [0.717, 1.165) is 27.4 Å². The van der Waals surface area contributed by atoms with Crippen molar-refractivity contribution < 1.29 is 62.1 Å². The third kappa shape index (κ3) is 18.7. The van der Waals surface area contributed by atoms with Crippen molar-refractivity contribution in [2.24, 2.45) is 10.1 Å². The summed E-state index contributed by atoms with van der Waals surface area (Å²) in [4.78, 5) is 112. The second-order valence-electron chi connectivity index (χ2n) is 23.5. The lowest BCUT2D eigenvalue weighted by molar-refractivity contribution is -0.176. The van der Waals surface area contributed by atoms with E-state index in [4.69, 9.17) is 28.5 Å². The maximum absolute atomic E-state index is 14.5. The number of carbonyl (C=O) groups excluding carboxylic acids is 7. The second kappa shape index (κ2) is 26.6. The smallest absolute Gasteiger partial charge is 0.417 e. The van der Waals surface area contributed by atoms with Crippen LogP contribution in [0.1, 0.15) is 157 Å². The molecule has 2 aromatic heterocycles. The molecule has 3 heterocycles. The van der Waals surface area contributed by atoms with Gasteiger partial charge in [0, 0.05) is 31.3 Å². The van der Waals surface area contributed by atoms with Gasteiger partial charge in [0.25, 0.3) is 5.91 Å². The van der Waals surface area contributed by atoms with Crippen LogP contribution in [0, 0.1) is 0 Å². The molecule has 82 heavy (non-hydrogen) atoms. The highest BCUT2D eigenvalue weighted by molar-refractivity contribution is 7.14. The molecule has 3 atom stereocenters. The minimum absolute atomic E-state index is 0.0105. The summed E-state index contributed by atoms with van der Waals surface area (Å²) >= 11 is 0.969. The summed E-state index contributed by atoms with van der Waals surface area (Å²) < 4.78 is 28.3. The van der Waals surface area contributed by atoms with Crippen molar-refractivity contribution in [2.75, 3.05) is 18.4 Å². The fourth-order valence-corrected chi connectivity index (χ4v) is 8.87. The number of esters is 1. The van der Waals surface area contributed by atoms with Crippen LogP contribution in [-0.4, -0.2) is 132 Å². The summed E-state index contributed by atoms with van der Waals surface area (Å²) in [6.45, 7) is 22.0. The molecule has 0 bridgehead atoms. The van der Waals surface area contributed by atoms with Gasteiger partial charge in [-0.2, -0.15) is 15.0 Å². The number of hydrogen-bond acceptors (Lipinski definition) is 19. The molecule has 0 radical (unpaired) electrons. The summed E-state index contributed by atoms with van der Waals surface area (Å²) in [6, 6.07) is 15.5. The summed E-state index contributed by atoms with van der Waals surface area (Å²) in [7, 11) is 0. The Kier molecular flexibility index (Phi) is 20.5. The highest BCUT2D eigenvalue weighted by atomic mass is 32.1. The van der Waals surface area contributed by atoms with E-state index in [0.29, 0.717) is 12.8 Å². The number of aliphatic imine (C=N–C) groups is 1. The number of carbonyl (C=O) groups is 7. The summed E-state index contributed by atoms with van der Waals surface area (Å²) in [5.41, 5.74) is -3.90. The number of anilines is 1. The molecule has 25 nitrogen and oxygen atoms in total. The van der Waals surface area contributed by atoms with Gasteiger partial charge in [0.1, 0.15) is 39.8 Å². The molecular formula is C56H76N12O13S. The maximum Gasteiger partial charge on any atom is 0.417 e. The Bertz CT molecular complexity index is 2910. The van der Waals surface area contributed by atoms with Gasteiger partial charge in [0.05, 0.1) is 24.8 Å². The third-order valence-corrected chi connectivity index (χ3v) is 12.6. The fourth-order valence-electron chi connectivity index (χ4n) is 8.19. The number of oxime groups is 1. The van der Waals surface area contributed by atoms with Gasteiger partial charge in [-0.05, 0) is 120 Å². The lowest BCUT2D eigenvalue weighted by atomic mass is 9.98. The van der Waals surface area contributed by atoms with Gasteiger partial charge in [0.15, 0.2) is 16.9 Å². The number of ether oxygens (including phenoxy) is 5. The fraction of sp³-hybridized carbons (Fsp3) is 0.536. The van der Waals surface area contributed by atoms with Gasteiger partial charge in [0.2, 0.25) is 17.5 Å². The molecule has 0 spiro atoms. The quantitative estimate of drug-likeness (QED) is 0.0119. The van der Waals surface area contributed by atoms with Gasteiger partial charge in [-0.3, -0.25) is 25.2 Å². The van der Waals surface area contributed by atoms with Gasteiger partial charge in [-0.15, -0.1) is 11.3 Å². The highest BCUT2D eigenvalue weighted by Crippen LogP contribution is 2.38. The van der Waals surface area contributed by atoms with E-state index >= 15 is 0 Å². The highest BCUT2D eigenvalue weighted by Gasteiger charge is 2.48. The van der Waals surface area contributed by atoms with Gasteiger partial charge in [-0.25, -0.2) is 33.9 Å². The van der Waals surface area contributed by atoms with Crippen LogP contribution in [0.15, 0.2) is 82.4 Å². The Hall–Kier alpha value is -8.16. The molecule has 1 saturated heterocycles. The van der Waals surface area contributed by atoms with Gasteiger partial charge in [-0.1, -0.05) is 65.8 Å². The van der Waals surface area contributed by atoms with Gasteiger partial charge < -0.3 is 44.5 Å². The molecule has 2 aliphatic rings. The van der Waals surface area contributed by atoms with Crippen molar-refractivity contribution in [1.29, 1.82) is 0 Å². The Morgan fingerprint density at radius 2 is 1.38 bits per heavy atom. The summed E-state index contributed by atoms with van der Waals surface area (Å²) in [5, 5.41) is 28.2. The van der Waals surface area contributed by atoms with Crippen LogP contribution in [0.4, 0.5) is 24.3 Å². The molecule has 26 heteroatoms. The molecule has 4 aromatic rings. The molecule has 1 saturated carbocycles. The number of guanidine groups is 1. The average Bonchev–Trinajstić information content (AvgIpc) is 4.20. The first kappa shape index (κ1) is 63.0. The number of benzene rings is 2. The van der Waals surface area contributed by atoms with E-state index < -0.39 is 100 Å².